The highest BCUT2D eigenvalue weighted by atomic mass is 32.1. The first kappa shape index (κ1) is 18.7. The van der Waals surface area contributed by atoms with Crippen molar-refractivity contribution in [1.82, 2.24) is 14.8 Å². The Labute approximate surface area is 175 Å². The number of nitrogens with zero attached hydrogens (tertiary/aromatic N) is 4. The molecule has 30 heavy (non-hydrogen) atoms. The molecule has 2 aliphatic rings. The van der Waals surface area contributed by atoms with Gasteiger partial charge in [0.15, 0.2) is 5.13 Å². The molecule has 0 aliphatic carbocycles. The molecule has 5 rings (SSSR count). The average Bonchev–Trinajstić information content (AvgIpc) is 3.31. The molecule has 1 saturated heterocycles. The van der Waals surface area contributed by atoms with Crippen LogP contribution in [-0.2, 0) is 4.79 Å². The summed E-state index contributed by atoms with van der Waals surface area (Å²) >= 11 is 1.42. The van der Waals surface area contributed by atoms with E-state index in [1.54, 1.807) is 35.2 Å². The maximum absolute atomic E-state index is 13.9. The molecule has 3 aromatic rings. The van der Waals surface area contributed by atoms with Gasteiger partial charge in [0.25, 0.3) is 11.8 Å². The Morgan fingerprint density at radius 1 is 0.967 bits per heavy atom. The number of piperazine rings is 1. The number of thiazole rings is 1. The third-order valence-electron chi connectivity index (χ3n) is 5.43. The molecule has 0 N–H and O–H groups in total. The quantitative estimate of drug-likeness (QED) is 0.604. The number of anilines is 1. The highest BCUT2D eigenvalue weighted by Crippen LogP contribution is 2.30. The zero-order valence-electron chi connectivity index (χ0n) is 15.9. The number of amides is 3. The molecular weight excluding hydrogens is 407 g/mol. The van der Waals surface area contributed by atoms with Crippen LogP contribution >= 0.6 is 11.3 Å². The molecule has 1 fully saturated rings. The van der Waals surface area contributed by atoms with Crippen LogP contribution in [0.5, 0.6) is 0 Å². The molecule has 1 aromatic heterocycles. The summed E-state index contributed by atoms with van der Waals surface area (Å²) in [5, 5.41) is 0.725. The van der Waals surface area contributed by atoms with Crippen LogP contribution in [0.15, 0.2) is 42.5 Å². The van der Waals surface area contributed by atoms with E-state index in [0.717, 1.165) is 14.7 Å². The highest BCUT2D eigenvalue weighted by Gasteiger charge is 2.37. The predicted octanol–water partition coefficient (Wildman–Crippen LogP) is 2.38. The highest BCUT2D eigenvalue weighted by molar-refractivity contribution is 7.22. The third-order valence-corrected chi connectivity index (χ3v) is 6.51. The van der Waals surface area contributed by atoms with Crippen molar-refractivity contribution in [2.45, 2.75) is 0 Å². The van der Waals surface area contributed by atoms with Crippen LogP contribution in [0, 0.1) is 5.82 Å². The lowest BCUT2D eigenvalue weighted by molar-refractivity contribution is -0.131. The topological polar surface area (TPSA) is 73.8 Å². The summed E-state index contributed by atoms with van der Waals surface area (Å²) in [6.45, 7) is 1.73. The van der Waals surface area contributed by atoms with Gasteiger partial charge in [-0.3, -0.25) is 19.3 Å². The summed E-state index contributed by atoms with van der Waals surface area (Å²) < 4.78 is 14.7. The molecule has 9 heteroatoms. The molecule has 2 aliphatic heterocycles. The molecule has 0 atom stereocenters. The monoisotopic (exact) mass is 424 g/mol. The van der Waals surface area contributed by atoms with Crippen LogP contribution in [-0.4, -0.2) is 65.2 Å². The van der Waals surface area contributed by atoms with Crippen molar-refractivity contribution in [2.24, 2.45) is 0 Å². The van der Waals surface area contributed by atoms with Gasteiger partial charge in [-0.1, -0.05) is 29.5 Å². The number of benzene rings is 2. The van der Waals surface area contributed by atoms with E-state index in [-0.39, 0.29) is 18.3 Å². The van der Waals surface area contributed by atoms with Crippen molar-refractivity contribution in [3.05, 3.63) is 59.4 Å². The molecule has 0 spiro atoms. The van der Waals surface area contributed by atoms with Gasteiger partial charge in [0, 0.05) is 26.2 Å². The lowest BCUT2D eigenvalue weighted by atomic mass is 10.1. The summed E-state index contributed by atoms with van der Waals surface area (Å²) in [6.07, 6.45) is 0. The van der Waals surface area contributed by atoms with E-state index >= 15 is 0 Å². The van der Waals surface area contributed by atoms with E-state index < -0.39 is 11.8 Å². The van der Waals surface area contributed by atoms with Gasteiger partial charge >= 0.3 is 0 Å². The van der Waals surface area contributed by atoms with Gasteiger partial charge in [-0.2, -0.15) is 0 Å². The number of rotatable bonds is 3. The maximum Gasteiger partial charge on any atom is 0.262 e. The SMILES string of the molecule is O=C(CN1C(=O)c2ccccc2C1=O)N1CCN(c2nc3c(F)cccc3s2)CC1. The van der Waals surface area contributed by atoms with Gasteiger partial charge < -0.3 is 9.80 Å². The second kappa shape index (κ2) is 7.17. The summed E-state index contributed by atoms with van der Waals surface area (Å²) in [6, 6.07) is 11.5. The fourth-order valence-electron chi connectivity index (χ4n) is 3.80. The van der Waals surface area contributed by atoms with Crippen LogP contribution in [0.25, 0.3) is 10.2 Å². The van der Waals surface area contributed by atoms with Gasteiger partial charge in [-0.25, -0.2) is 9.37 Å². The molecule has 0 radical (unpaired) electrons. The zero-order valence-corrected chi connectivity index (χ0v) is 16.7. The van der Waals surface area contributed by atoms with Crippen LogP contribution in [0.4, 0.5) is 9.52 Å². The smallest absolute Gasteiger partial charge is 0.262 e. The Bertz CT molecular complexity index is 1150. The second-order valence-corrected chi connectivity index (χ2v) is 8.20. The van der Waals surface area contributed by atoms with Crippen molar-refractivity contribution in [3.8, 4) is 0 Å². The standard InChI is InChI=1S/C21H17FN4O3S/c22-15-6-3-7-16-18(15)23-21(30-16)25-10-8-24(9-11-25)17(27)12-26-19(28)13-4-1-2-5-14(13)20(26)29/h1-7H,8-12H2. The summed E-state index contributed by atoms with van der Waals surface area (Å²) in [5.74, 6) is -1.47. The minimum Gasteiger partial charge on any atom is -0.345 e. The number of aromatic nitrogens is 1. The van der Waals surface area contributed by atoms with Crippen LogP contribution < -0.4 is 4.90 Å². The number of hydrogen-bond donors (Lipinski definition) is 0. The largest absolute Gasteiger partial charge is 0.345 e. The molecule has 2 aromatic carbocycles. The van der Waals surface area contributed by atoms with Gasteiger partial charge in [-0.15, -0.1) is 0 Å². The molecule has 152 valence electrons. The molecule has 0 saturated carbocycles. The van der Waals surface area contributed by atoms with Crippen molar-refractivity contribution in [2.75, 3.05) is 37.6 Å². The molecule has 7 nitrogen and oxygen atoms in total. The number of imide groups is 1. The number of carbonyl (C=O) groups is 3. The van der Waals surface area contributed by atoms with E-state index in [1.807, 2.05) is 11.0 Å². The average molecular weight is 424 g/mol. The van der Waals surface area contributed by atoms with Crippen molar-refractivity contribution in [3.63, 3.8) is 0 Å². The van der Waals surface area contributed by atoms with Crippen LogP contribution in [0.3, 0.4) is 0 Å². The van der Waals surface area contributed by atoms with Crippen molar-refractivity contribution in [1.29, 1.82) is 0 Å². The number of para-hydroxylation sites is 1. The normalized spacial score (nSPS) is 16.5. The molecule has 3 amide bonds. The minimum atomic E-state index is -0.431. The lowest BCUT2D eigenvalue weighted by Gasteiger charge is -2.35. The molecule has 0 unspecified atom stereocenters. The predicted molar refractivity (Wildman–Crippen MR) is 110 cm³/mol. The number of hydrogen-bond acceptors (Lipinski definition) is 6. The van der Waals surface area contributed by atoms with Crippen molar-refractivity contribution < 1.29 is 18.8 Å². The van der Waals surface area contributed by atoms with E-state index in [1.165, 1.54) is 17.4 Å². The summed E-state index contributed by atoms with van der Waals surface area (Å²) in [4.78, 5) is 46.7. The molecular formula is C21H17FN4O3S. The van der Waals surface area contributed by atoms with Crippen molar-refractivity contribution >= 4 is 44.4 Å². The van der Waals surface area contributed by atoms with Gasteiger partial charge in [0.1, 0.15) is 17.9 Å². The Morgan fingerprint density at radius 3 is 2.27 bits per heavy atom. The first-order valence-electron chi connectivity index (χ1n) is 9.56. The number of carbonyl (C=O) groups excluding carboxylic acids is 3. The van der Waals surface area contributed by atoms with E-state index in [2.05, 4.69) is 4.98 Å². The Kier molecular flexibility index (Phi) is 4.47. The van der Waals surface area contributed by atoms with Gasteiger partial charge in [0.2, 0.25) is 5.91 Å². The van der Waals surface area contributed by atoms with E-state index in [4.69, 9.17) is 0 Å². The van der Waals surface area contributed by atoms with E-state index in [9.17, 15) is 18.8 Å². The third kappa shape index (κ3) is 3.02. The zero-order chi connectivity index (χ0) is 20.8. The number of halogens is 1. The van der Waals surface area contributed by atoms with Crippen LogP contribution in [0.1, 0.15) is 20.7 Å². The fourth-order valence-corrected chi connectivity index (χ4v) is 4.84. The van der Waals surface area contributed by atoms with Gasteiger partial charge in [-0.05, 0) is 24.3 Å². The molecule has 0 bridgehead atoms. The Balaban J connectivity index is 1.23. The number of fused-ring (bicyclic) bond motifs is 2. The fraction of sp³-hybridized carbons (Fsp3) is 0.238. The summed E-state index contributed by atoms with van der Waals surface area (Å²) in [5.41, 5.74) is 1.04. The van der Waals surface area contributed by atoms with E-state index in [0.29, 0.717) is 42.8 Å². The summed E-state index contributed by atoms with van der Waals surface area (Å²) in [7, 11) is 0. The Morgan fingerprint density at radius 2 is 1.63 bits per heavy atom. The van der Waals surface area contributed by atoms with Gasteiger partial charge in [0.05, 0.1) is 15.8 Å². The first-order valence-corrected chi connectivity index (χ1v) is 10.4. The Hall–Kier alpha value is -3.33. The lowest BCUT2D eigenvalue weighted by Crippen LogP contribution is -2.51. The maximum atomic E-state index is 13.9. The first-order chi connectivity index (χ1) is 14.5. The second-order valence-electron chi connectivity index (χ2n) is 7.19. The van der Waals surface area contributed by atoms with Crippen LogP contribution in [0.2, 0.25) is 0 Å². The minimum absolute atomic E-state index is 0.264. The molecule has 3 heterocycles.